The number of nitrogens with zero attached hydrogens (tertiary/aromatic N) is 1. The van der Waals surface area contributed by atoms with Crippen LogP contribution in [0.4, 0.5) is 0 Å². The van der Waals surface area contributed by atoms with Crippen LogP contribution < -0.4 is 5.32 Å². The number of rotatable bonds is 9. The molecule has 3 aromatic rings. The molecule has 1 N–H and O–H groups in total. The molecule has 0 saturated heterocycles. The van der Waals surface area contributed by atoms with Gasteiger partial charge in [-0.3, -0.25) is 9.59 Å². The second-order valence-corrected chi connectivity index (χ2v) is 10.7. The largest absolute Gasteiger partial charge is 0.352 e. The third-order valence-corrected chi connectivity index (χ3v) is 7.53. The minimum Gasteiger partial charge on any atom is -0.352 e. The molecule has 4 nitrogen and oxygen atoms in total. The van der Waals surface area contributed by atoms with Crippen molar-refractivity contribution < 1.29 is 9.59 Å². The lowest BCUT2D eigenvalue weighted by molar-refractivity contribution is -0.141. The molecule has 5 heteroatoms. The molecule has 1 aliphatic rings. The van der Waals surface area contributed by atoms with Crippen LogP contribution in [0.1, 0.15) is 59.9 Å². The Kier molecular flexibility index (Phi) is 9.40. The first-order valence-corrected chi connectivity index (χ1v) is 13.7. The van der Waals surface area contributed by atoms with Gasteiger partial charge in [0.25, 0.3) is 0 Å². The molecule has 1 saturated carbocycles. The fourth-order valence-corrected chi connectivity index (χ4v) is 5.55. The van der Waals surface area contributed by atoms with E-state index in [1.54, 1.807) is 4.90 Å². The van der Waals surface area contributed by atoms with Crippen LogP contribution in [-0.4, -0.2) is 28.8 Å². The normalized spacial score (nSPS) is 14.7. The summed E-state index contributed by atoms with van der Waals surface area (Å²) in [6, 6.07) is 23.2. The first kappa shape index (κ1) is 26.9. The van der Waals surface area contributed by atoms with Crippen molar-refractivity contribution >= 4 is 23.4 Å². The zero-order valence-electron chi connectivity index (χ0n) is 21.9. The average molecular weight is 517 g/mol. The van der Waals surface area contributed by atoms with E-state index in [4.69, 9.17) is 11.6 Å². The van der Waals surface area contributed by atoms with Crippen molar-refractivity contribution in [2.24, 2.45) is 0 Å². The van der Waals surface area contributed by atoms with Gasteiger partial charge in [0.15, 0.2) is 0 Å². The summed E-state index contributed by atoms with van der Waals surface area (Å²) < 4.78 is 0. The van der Waals surface area contributed by atoms with E-state index in [2.05, 4.69) is 11.4 Å². The molecule has 1 fully saturated rings. The van der Waals surface area contributed by atoms with E-state index in [0.29, 0.717) is 11.4 Å². The highest BCUT2D eigenvalue weighted by Crippen LogP contribution is 2.23. The van der Waals surface area contributed by atoms with Gasteiger partial charge in [-0.05, 0) is 49.4 Å². The number of hydrogen-bond acceptors (Lipinski definition) is 2. The van der Waals surface area contributed by atoms with Crippen LogP contribution in [0.15, 0.2) is 72.8 Å². The lowest BCUT2D eigenvalue weighted by atomic mass is 9.94. The predicted molar refractivity (Wildman–Crippen MR) is 151 cm³/mol. The second kappa shape index (κ2) is 12.9. The van der Waals surface area contributed by atoms with Crippen LogP contribution in [0, 0.1) is 13.8 Å². The van der Waals surface area contributed by atoms with Crippen LogP contribution in [0.2, 0.25) is 5.02 Å². The minimum absolute atomic E-state index is 0.0790. The topological polar surface area (TPSA) is 49.4 Å². The predicted octanol–water partition coefficient (Wildman–Crippen LogP) is 6.59. The average Bonchev–Trinajstić information content (AvgIpc) is 2.87. The third kappa shape index (κ3) is 7.69. The summed E-state index contributed by atoms with van der Waals surface area (Å²) in [6.07, 6.45) is 6.13. The third-order valence-electron chi connectivity index (χ3n) is 7.16. The Morgan fingerprint density at radius 1 is 0.892 bits per heavy atom. The van der Waals surface area contributed by atoms with E-state index in [1.807, 2.05) is 80.6 Å². The maximum absolute atomic E-state index is 14.0. The molecule has 0 aliphatic heterocycles. The minimum atomic E-state index is -0.640. The Morgan fingerprint density at radius 3 is 2.22 bits per heavy atom. The van der Waals surface area contributed by atoms with Gasteiger partial charge in [0, 0.05) is 24.0 Å². The molecule has 0 heterocycles. The number of carbonyl (C=O) groups is 2. The number of aryl methyl sites for hydroxylation is 2. The zero-order valence-corrected chi connectivity index (χ0v) is 22.6. The summed E-state index contributed by atoms with van der Waals surface area (Å²) >= 11 is 6.54. The molecule has 37 heavy (non-hydrogen) atoms. The number of amides is 2. The van der Waals surface area contributed by atoms with Gasteiger partial charge in [-0.2, -0.15) is 0 Å². The van der Waals surface area contributed by atoms with Gasteiger partial charge in [0.05, 0.1) is 6.42 Å². The monoisotopic (exact) mass is 516 g/mol. The van der Waals surface area contributed by atoms with Gasteiger partial charge in [0.2, 0.25) is 11.8 Å². The maximum atomic E-state index is 14.0. The number of halogens is 1. The lowest BCUT2D eigenvalue weighted by Gasteiger charge is -2.34. The standard InChI is InChI=1S/C32H37ClN2O2/c1-23-17-24(2)19-26(18-23)21-31(36)35(22-27-13-9-10-16-29(27)33)30(20-25-11-5-3-6-12-25)32(37)34-28-14-7-4-8-15-28/h3,5-6,9-13,16-19,28,30H,4,7-8,14-15,20-22H2,1-2H3,(H,34,37). The second-order valence-electron chi connectivity index (χ2n) is 10.3. The van der Waals surface area contributed by atoms with Crippen molar-refractivity contribution in [3.63, 3.8) is 0 Å². The van der Waals surface area contributed by atoms with E-state index < -0.39 is 6.04 Å². The van der Waals surface area contributed by atoms with E-state index in [1.165, 1.54) is 6.42 Å². The SMILES string of the molecule is Cc1cc(C)cc(CC(=O)N(Cc2ccccc2Cl)C(Cc2ccccc2)C(=O)NC2CCCCC2)c1. The molecule has 0 bridgehead atoms. The first-order valence-electron chi connectivity index (χ1n) is 13.3. The molecule has 1 unspecified atom stereocenters. The summed E-state index contributed by atoms with van der Waals surface area (Å²) in [5.41, 5.74) is 5.06. The number of nitrogens with one attached hydrogen (secondary N) is 1. The number of benzene rings is 3. The van der Waals surface area contributed by atoms with Crippen LogP contribution >= 0.6 is 11.6 Å². The lowest BCUT2D eigenvalue weighted by Crippen LogP contribution is -2.53. The number of hydrogen-bond donors (Lipinski definition) is 1. The Balaban J connectivity index is 1.68. The molecule has 3 aromatic carbocycles. The molecule has 1 aliphatic carbocycles. The van der Waals surface area contributed by atoms with Crippen LogP contribution in [-0.2, 0) is 29.0 Å². The van der Waals surface area contributed by atoms with Gasteiger partial charge >= 0.3 is 0 Å². The van der Waals surface area contributed by atoms with E-state index in [9.17, 15) is 9.59 Å². The summed E-state index contributed by atoms with van der Waals surface area (Å²) in [5, 5.41) is 3.89. The van der Waals surface area contributed by atoms with Crippen molar-refractivity contribution in [3.05, 3.63) is 106 Å². The van der Waals surface area contributed by atoms with E-state index in [0.717, 1.165) is 53.5 Å². The van der Waals surface area contributed by atoms with Gasteiger partial charge < -0.3 is 10.2 Å². The van der Waals surface area contributed by atoms with E-state index in [-0.39, 0.29) is 30.8 Å². The molecule has 0 spiro atoms. The Labute approximate surface area is 226 Å². The Bertz CT molecular complexity index is 1180. The maximum Gasteiger partial charge on any atom is 0.243 e. The molecule has 194 valence electrons. The van der Waals surface area contributed by atoms with Gasteiger partial charge in [-0.25, -0.2) is 0 Å². The quantitative estimate of drug-likeness (QED) is 0.349. The summed E-state index contributed by atoms with van der Waals surface area (Å²) in [5.74, 6) is -0.166. The molecule has 0 radical (unpaired) electrons. The summed E-state index contributed by atoms with van der Waals surface area (Å²) in [4.78, 5) is 29.6. The Hall–Kier alpha value is -3.11. The zero-order chi connectivity index (χ0) is 26.2. The van der Waals surface area contributed by atoms with Gasteiger partial charge in [0.1, 0.15) is 6.04 Å². The van der Waals surface area contributed by atoms with Crippen molar-refractivity contribution in [2.75, 3.05) is 0 Å². The van der Waals surface area contributed by atoms with Crippen LogP contribution in [0.3, 0.4) is 0 Å². The molecule has 4 rings (SSSR count). The Morgan fingerprint density at radius 2 is 1.54 bits per heavy atom. The van der Waals surface area contributed by atoms with Crippen molar-refractivity contribution in [2.45, 2.75) is 77.4 Å². The first-order chi connectivity index (χ1) is 17.9. The fourth-order valence-electron chi connectivity index (χ4n) is 5.36. The number of carbonyl (C=O) groups excluding carboxylic acids is 2. The van der Waals surface area contributed by atoms with Crippen molar-refractivity contribution in [3.8, 4) is 0 Å². The summed E-state index contributed by atoms with van der Waals surface area (Å²) in [6.45, 7) is 4.36. The molecule has 1 atom stereocenters. The molecular weight excluding hydrogens is 480 g/mol. The highest BCUT2D eigenvalue weighted by molar-refractivity contribution is 6.31. The van der Waals surface area contributed by atoms with Crippen molar-refractivity contribution in [1.29, 1.82) is 0 Å². The highest BCUT2D eigenvalue weighted by Gasteiger charge is 2.32. The van der Waals surface area contributed by atoms with Crippen LogP contribution in [0.25, 0.3) is 0 Å². The van der Waals surface area contributed by atoms with Gasteiger partial charge in [-0.15, -0.1) is 0 Å². The van der Waals surface area contributed by atoms with Crippen molar-refractivity contribution in [1.82, 2.24) is 10.2 Å². The molecular formula is C32H37ClN2O2. The summed E-state index contributed by atoms with van der Waals surface area (Å²) in [7, 11) is 0. The smallest absolute Gasteiger partial charge is 0.243 e. The van der Waals surface area contributed by atoms with Gasteiger partial charge in [-0.1, -0.05) is 109 Å². The van der Waals surface area contributed by atoms with E-state index >= 15 is 0 Å². The van der Waals surface area contributed by atoms with Crippen LogP contribution in [0.5, 0.6) is 0 Å². The molecule has 0 aromatic heterocycles. The molecule has 2 amide bonds. The fraction of sp³-hybridized carbons (Fsp3) is 0.375. The highest BCUT2D eigenvalue weighted by atomic mass is 35.5.